The van der Waals surface area contributed by atoms with Gasteiger partial charge in [0.25, 0.3) is 22.9 Å². The molecule has 4 fully saturated rings. The highest BCUT2D eigenvalue weighted by molar-refractivity contribution is 9.10. The van der Waals surface area contributed by atoms with Gasteiger partial charge in [0.05, 0.1) is 48.1 Å². The van der Waals surface area contributed by atoms with Crippen LogP contribution >= 0.6 is 15.9 Å². The van der Waals surface area contributed by atoms with Crippen LogP contribution in [0.3, 0.4) is 0 Å². The van der Waals surface area contributed by atoms with Gasteiger partial charge in [-0.3, -0.25) is 33.2 Å². The molecule has 0 saturated carbocycles. The number of hydrogen-bond donors (Lipinski definition) is 2. The summed E-state index contributed by atoms with van der Waals surface area (Å²) in [4.78, 5) is 69.3. The highest BCUT2D eigenvalue weighted by Crippen LogP contribution is 2.29. The maximum atomic E-state index is 13.4. The van der Waals surface area contributed by atoms with Gasteiger partial charge in [-0.15, -0.1) is 0 Å². The van der Waals surface area contributed by atoms with Crippen LogP contribution in [0, 0.1) is 11.6 Å². The summed E-state index contributed by atoms with van der Waals surface area (Å²) in [6, 6.07) is 27.3. The van der Waals surface area contributed by atoms with Crippen molar-refractivity contribution in [3.05, 3.63) is 170 Å². The summed E-state index contributed by atoms with van der Waals surface area (Å²) in [6.07, 6.45) is 11.0. The van der Waals surface area contributed by atoms with E-state index in [4.69, 9.17) is 0 Å². The second kappa shape index (κ2) is 21.5. The van der Waals surface area contributed by atoms with Gasteiger partial charge in [-0.2, -0.15) is 10.2 Å². The Morgan fingerprint density at radius 2 is 1.01 bits per heavy atom. The fourth-order valence-electron chi connectivity index (χ4n) is 11.0. The number of fused-ring (bicyclic) bond motifs is 3. The van der Waals surface area contributed by atoms with Crippen LogP contribution in [0.1, 0.15) is 65.7 Å². The number of carbonyl (C=O) groups excluding carboxylic acids is 2. The van der Waals surface area contributed by atoms with Gasteiger partial charge in [-0.1, -0.05) is 22.4 Å². The van der Waals surface area contributed by atoms with Crippen LogP contribution in [0.15, 0.2) is 136 Å². The molecule has 4 saturated heterocycles. The predicted molar refractivity (Wildman–Crippen MR) is 288 cm³/mol. The summed E-state index contributed by atoms with van der Waals surface area (Å²) in [5, 5.41) is 32.0. The largest absolute Gasteiger partial charge is 0.388 e. The van der Waals surface area contributed by atoms with Gasteiger partial charge in [0.2, 0.25) is 0 Å². The topological polar surface area (TPSA) is 193 Å². The van der Waals surface area contributed by atoms with Crippen molar-refractivity contribution < 1.29 is 28.6 Å². The fourth-order valence-corrected chi connectivity index (χ4v) is 11.3. The monoisotopic (exact) mass is 1110 g/mol. The number of aliphatic hydroxyl groups is 2. The Morgan fingerprint density at radius 3 is 1.48 bits per heavy atom. The Morgan fingerprint density at radius 1 is 0.571 bits per heavy atom. The first kappa shape index (κ1) is 51.6. The molecule has 2 N–H and O–H groups in total. The highest BCUT2D eigenvalue weighted by Gasteiger charge is 2.37. The lowest BCUT2D eigenvalue weighted by molar-refractivity contribution is -0.0306. The van der Waals surface area contributed by atoms with Crippen molar-refractivity contribution in [2.75, 3.05) is 57.3 Å². The second-order valence-electron chi connectivity index (χ2n) is 20.6. The zero-order valence-corrected chi connectivity index (χ0v) is 43.8. The van der Waals surface area contributed by atoms with Crippen LogP contribution in [0.5, 0.6) is 0 Å². The summed E-state index contributed by atoms with van der Waals surface area (Å²) in [6.45, 7) is 5.87. The third-order valence-corrected chi connectivity index (χ3v) is 16.1. The minimum atomic E-state index is -1.16. The minimum absolute atomic E-state index is 0.0663. The van der Waals surface area contributed by atoms with E-state index >= 15 is 0 Å². The van der Waals surface area contributed by atoms with Gasteiger partial charge in [0.15, 0.2) is 11.3 Å². The first-order chi connectivity index (χ1) is 37.2. The maximum absolute atomic E-state index is 13.4. The Bertz CT molecular complexity index is 3550. The molecule has 0 unspecified atom stereocenters. The molecule has 0 radical (unpaired) electrons. The molecule has 77 heavy (non-hydrogen) atoms. The molecule has 4 aromatic heterocycles. The van der Waals surface area contributed by atoms with Gasteiger partial charge in [-0.25, -0.2) is 28.1 Å². The molecule has 4 aliphatic heterocycles. The molecule has 0 aliphatic carbocycles. The lowest BCUT2D eigenvalue weighted by Crippen LogP contribution is -2.54. The quantitative estimate of drug-likeness (QED) is 0.166. The number of likely N-dealkylation sites (tertiary alicyclic amines) is 2. The van der Waals surface area contributed by atoms with Crippen LogP contribution in [-0.4, -0.2) is 145 Å². The molecule has 12 rings (SSSR count). The van der Waals surface area contributed by atoms with E-state index in [0.29, 0.717) is 91.1 Å². The number of benzene rings is 4. The van der Waals surface area contributed by atoms with Gasteiger partial charge >= 0.3 is 0 Å². The summed E-state index contributed by atoms with van der Waals surface area (Å²) in [7, 11) is 0. The fraction of sp³-hybridized carbons (Fsp3) is 0.357. The van der Waals surface area contributed by atoms with Crippen LogP contribution in [0.2, 0.25) is 0 Å². The van der Waals surface area contributed by atoms with E-state index in [1.807, 2.05) is 36.4 Å². The molecular formula is C56H57BrF2N12O6. The zero-order valence-electron chi connectivity index (χ0n) is 42.2. The van der Waals surface area contributed by atoms with Crippen molar-refractivity contribution >= 4 is 55.5 Å². The standard InChI is InChI=1S/C32H36FN7O3.C24H21BrFN5O3/c33-24-6-4-23(5-7-24)30(41)37-15-12-32(43,13-16-37)21-39-22-34-29-28(31(39)42)19-35-40(29)26-10-8-25(9-11-26)38-18-17-36-14-2-1-3-27(36)20-38;25-17-3-7-19(8-4-17)31-21-20(13-28-31)23(33)30(15-27-21)14-24(34)9-11-29(12-10-24)22(32)16-1-5-18(26)6-2-16/h4-11,19,22,27,43H,1-3,12-18,20-21H2;1-8,13,15,34H,9-12,14H2/t27-;/m1./s1. The summed E-state index contributed by atoms with van der Waals surface area (Å²) in [5.41, 5.74) is 1.66. The van der Waals surface area contributed by atoms with Gasteiger partial charge < -0.3 is 24.9 Å². The lowest BCUT2D eigenvalue weighted by Gasteiger charge is -2.45. The molecule has 18 nitrogen and oxygen atoms in total. The number of halogens is 3. The van der Waals surface area contributed by atoms with Crippen molar-refractivity contribution in [1.82, 2.24) is 53.4 Å². The molecule has 1 atom stereocenters. The molecule has 0 spiro atoms. The normalized spacial score (nSPS) is 18.5. The van der Waals surface area contributed by atoms with Crippen molar-refractivity contribution in [3.63, 3.8) is 0 Å². The molecule has 21 heteroatoms. The lowest BCUT2D eigenvalue weighted by atomic mass is 9.91. The Kier molecular flexibility index (Phi) is 14.4. The van der Waals surface area contributed by atoms with Crippen molar-refractivity contribution in [2.45, 2.75) is 75.3 Å². The first-order valence-corrected chi connectivity index (χ1v) is 26.8. The van der Waals surface area contributed by atoms with E-state index in [9.17, 15) is 38.2 Å². The van der Waals surface area contributed by atoms with Crippen molar-refractivity contribution in [3.8, 4) is 11.4 Å². The van der Waals surface area contributed by atoms with Crippen molar-refractivity contribution in [2.24, 2.45) is 0 Å². The molecular weight excluding hydrogens is 1050 g/mol. The average Bonchev–Trinajstić information content (AvgIpc) is 4.14. The van der Waals surface area contributed by atoms with Crippen molar-refractivity contribution in [1.29, 1.82) is 0 Å². The van der Waals surface area contributed by atoms with Crippen LogP contribution in [-0.2, 0) is 13.1 Å². The Labute approximate surface area is 449 Å². The summed E-state index contributed by atoms with van der Waals surface area (Å²) in [5.74, 6) is -1.20. The van der Waals surface area contributed by atoms with E-state index in [1.165, 1.54) is 114 Å². The van der Waals surface area contributed by atoms with E-state index in [1.54, 1.807) is 19.2 Å². The van der Waals surface area contributed by atoms with E-state index in [2.05, 4.69) is 58.0 Å². The number of aromatic nitrogens is 8. The number of hydrogen-bond acceptors (Lipinski definition) is 12. The first-order valence-electron chi connectivity index (χ1n) is 26.0. The van der Waals surface area contributed by atoms with Gasteiger partial charge in [-0.05, 0) is 142 Å². The zero-order chi connectivity index (χ0) is 53.4. The molecule has 398 valence electrons. The molecule has 8 heterocycles. The number of anilines is 1. The SMILES string of the molecule is O=C(c1ccc(F)cc1)N1CCC(O)(Cn2cnc3c(cnn3-c3ccc(Br)cc3)c2=O)CC1.O=C(c1ccc(F)cc1)N1CCC(O)(Cn2cnc3c(cnn3-c3ccc(N4CCN5CCCC[C@@H]5C4)cc3)c2=O)CC1. The third-order valence-electron chi connectivity index (χ3n) is 15.6. The van der Waals surface area contributed by atoms with E-state index in [0.717, 1.165) is 35.5 Å². The molecule has 4 aliphatic rings. The number of carbonyl (C=O) groups is 2. The molecule has 4 aromatic carbocycles. The number of amides is 2. The average molecular weight is 1110 g/mol. The number of piperazine rings is 1. The minimum Gasteiger partial charge on any atom is -0.388 e. The van der Waals surface area contributed by atoms with Gasteiger partial charge in [0.1, 0.15) is 35.1 Å². The number of nitrogens with zero attached hydrogens (tertiary/aromatic N) is 12. The van der Waals surface area contributed by atoms with Crippen LogP contribution in [0.25, 0.3) is 33.4 Å². The Hall–Kier alpha value is -7.46. The summed E-state index contributed by atoms with van der Waals surface area (Å²) < 4.78 is 33.4. The highest BCUT2D eigenvalue weighted by atomic mass is 79.9. The molecule has 8 aromatic rings. The molecule has 2 amide bonds. The van der Waals surface area contributed by atoms with Crippen LogP contribution < -0.4 is 16.0 Å². The van der Waals surface area contributed by atoms with E-state index in [-0.39, 0.29) is 36.0 Å². The number of rotatable bonds is 9. The third kappa shape index (κ3) is 10.9. The van der Waals surface area contributed by atoms with E-state index < -0.39 is 22.8 Å². The second-order valence-corrected chi connectivity index (χ2v) is 21.5. The summed E-state index contributed by atoms with van der Waals surface area (Å²) >= 11 is 3.40. The molecule has 0 bridgehead atoms. The predicted octanol–water partition coefficient (Wildman–Crippen LogP) is 6.21. The maximum Gasteiger partial charge on any atom is 0.264 e. The number of piperidine rings is 3. The Balaban J connectivity index is 0.000000169. The van der Waals surface area contributed by atoms with Gasteiger partial charge in [0, 0.05) is 73.1 Å². The smallest absolute Gasteiger partial charge is 0.264 e. The van der Waals surface area contributed by atoms with Crippen LogP contribution in [0.4, 0.5) is 14.5 Å².